The van der Waals surface area contributed by atoms with E-state index in [1.54, 1.807) is 12.1 Å². The molecule has 0 bridgehead atoms. The van der Waals surface area contributed by atoms with Gasteiger partial charge in [-0.05, 0) is 77.2 Å². The van der Waals surface area contributed by atoms with E-state index in [0.717, 1.165) is 23.6 Å². The Balaban J connectivity index is 1.65. The summed E-state index contributed by atoms with van der Waals surface area (Å²) in [6, 6.07) is 14.4. The molecular weight excluding hydrogens is 425 g/mol. The van der Waals surface area contributed by atoms with Gasteiger partial charge in [-0.3, -0.25) is 14.3 Å². The molecule has 1 aliphatic heterocycles. The fraction of sp³-hybridized carbons (Fsp3) is 0.375. The SMILES string of the molecule is C[C@H](c1nnc(S[C@H](C)C(=O)N2c3ccccc3C[C@@H]2C)n1-c1ccc(F)cc1)N(C)C. The number of halogens is 1. The van der Waals surface area contributed by atoms with Crippen LogP contribution < -0.4 is 4.90 Å². The lowest BCUT2D eigenvalue weighted by Crippen LogP contribution is -2.40. The van der Waals surface area contributed by atoms with Crippen LogP contribution in [0.4, 0.5) is 10.1 Å². The predicted molar refractivity (Wildman–Crippen MR) is 126 cm³/mol. The van der Waals surface area contributed by atoms with Gasteiger partial charge in [0.05, 0.1) is 11.3 Å². The van der Waals surface area contributed by atoms with Gasteiger partial charge in [0.15, 0.2) is 11.0 Å². The molecular formula is C24H28FN5OS. The predicted octanol–water partition coefficient (Wildman–Crippen LogP) is 4.49. The van der Waals surface area contributed by atoms with Crippen molar-refractivity contribution < 1.29 is 9.18 Å². The van der Waals surface area contributed by atoms with Crippen LogP contribution in [0.1, 0.15) is 38.2 Å². The first kappa shape index (κ1) is 22.5. The molecule has 0 aliphatic carbocycles. The van der Waals surface area contributed by atoms with E-state index >= 15 is 0 Å². The van der Waals surface area contributed by atoms with E-state index < -0.39 is 0 Å². The standard InChI is InChI=1S/C24H28FN5OS/c1-15-14-18-8-6-7-9-21(18)29(15)23(31)17(3)32-24-27-26-22(16(2)28(4)5)30(24)20-12-10-19(25)11-13-20/h6-13,15-17H,14H2,1-5H3/t15-,16+,17+/m0/s1. The molecule has 1 aromatic heterocycles. The van der Waals surface area contributed by atoms with Crippen molar-refractivity contribution in [2.75, 3.05) is 19.0 Å². The van der Waals surface area contributed by atoms with Crippen molar-refractivity contribution in [3.05, 3.63) is 65.7 Å². The number of aromatic nitrogens is 3. The minimum absolute atomic E-state index is 0.0154. The van der Waals surface area contributed by atoms with Gasteiger partial charge in [-0.1, -0.05) is 30.0 Å². The maximum absolute atomic E-state index is 13.6. The molecule has 168 valence electrons. The van der Waals surface area contributed by atoms with Crippen molar-refractivity contribution in [1.82, 2.24) is 19.7 Å². The number of carbonyl (C=O) groups is 1. The first-order valence-electron chi connectivity index (χ1n) is 10.7. The normalized spacial score (nSPS) is 17.5. The number of hydrogen-bond donors (Lipinski definition) is 0. The highest BCUT2D eigenvalue weighted by Crippen LogP contribution is 2.35. The van der Waals surface area contributed by atoms with Crippen LogP contribution in [0.25, 0.3) is 5.69 Å². The van der Waals surface area contributed by atoms with Gasteiger partial charge in [0.2, 0.25) is 5.91 Å². The Hall–Kier alpha value is -2.71. The van der Waals surface area contributed by atoms with Crippen LogP contribution in [0.2, 0.25) is 0 Å². The molecule has 32 heavy (non-hydrogen) atoms. The highest BCUT2D eigenvalue weighted by atomic mass is 32.2. The topological polar surface area (TPSA) is 54.3 Å². The zero-order valence-corrected chi connectivity index (χ0v) is 19.8. The van der Waals surface area contributed by atoms with Gasteiger partial charge in [0.1, 0.15) is 5.82 Å². The summed E-state index contributed by atoms with van der Waals surface area (Å²) in [5.41, 5.74) is 2.95. The van der Waals surface area contributed by atoms with Crippen molar-refractivity contribution in [3.8, 4) is 5.69 Å². The summed E-state index contributed by atoms with van der Waals surface area (Å²) < 4.78 is 15.5. The molecule has 2 heterocycles. The van der Waals surface area contributed by atoms with Crippen LogP contribution in [-0.2, 0) is 11.2 Å². The number of benzene rings is 2. The molecule has 3 atom stereocenters. The van der Waals surface area contributed by atoms with Crippen LogP contribution in [0.5, 0.6) is 0 Å². The molecule has 3 aromatic rings. The molecule has 1 amide bonds. The minimum atomic E-state index is -0.366. The average Bonchev–Trinajstić information content (AvgIpc) is 3.33. The number of amides is 1. The summed E-state index contributed by atoms with van der Waals surface area (Å²) in [4.78, 5) is 17.4. The molecule has 1 aliphatic rings. The van der Waals surface area contributed by atoms with E-state index in [2.05, 4.69) is 23.2 Å². The molecule has 6 nitrogen and oxygen atoms in total. The summed E-state index contributed by atoms with van der Waals surface area (Å²) >= 11 is 1.38. The largest absolute Gasteiger partial charge is 0.308 e. The van der Waals surface area contributed by atoms with Crippen molar-refractivity contribution in [3.63, 3.8) is 0 Å². The number of anilines is 1. The number of fused-ring (bicyclic) bond motifs is 1. The molecule has 2 aromatic carbocycles. The van der Waals surface area contributed by atoms with Gasteiger partial charge in [0.25, 0.3) is 0 Å². The van der Waals surface area contributed by atoms with E-state index in [9.17, 15) is 9.18 Å². The molecule has 0 saturated carbocycles. The van der Waals surface area contributed by atoms with Crippen molar-refractivity contribution >= 4 is 23.4 Å². The number of thioether (sulfide) groups is 1. The van der Waals surface area contributed by atoms with E-state index in [0.29, 0.717) is 5.16 Å². The molecule has 0 fully saturated rings. The second-order valence-electron chi connectivity index (χ2n) is 8.44. The van der Waals surface area contributed by atoms with E-state index in [4.69, 9.17) is 0 Å². The Morgan fingerprint density at radius 2 is 1.81 bits per heavy atom. The van der Waals surface area contributed by atoms with Crippen molar-refractivity contribution in [2.45, 2.75) is 49.7 Å². The molecule has 8 heteroatoms. The zero-order valence-electron chi connectivity index (χ0n) is 19.0. The van der Waals surface area contributed by atoms with Crippen LogP contribution in [0.15, 0.2) is 53.7 Å². The lowest BCUT2D eigenvalue weighted by Gasteiger charge is -2.26. The number of carbonyl (C=O) groups excluding carboxylic acids is 1. The second-order valence-corrected chi connectivity index (χ2v) is 9.75. The first-order chi connectivity index (χ1) is 15.3. The third-order valence-electron chi connectivity index (χ3n) is 5.97. The Kier molecular flexibility index (Phi) is 6.35. The monoisotopic (exact) mass is 453 g/mol. The lowest BCUT2D eigenvalue weighted by atomic mass is 10.1. The van der Waals surface area contributed by atoms with Gasteiger partial charge in [0, 0.05) is 17.4 Å². The summed E-state index contributed by atoms with van der Waals surface area (Å²) in [5, 5.41) is 9.09. The fourth-order valence-corrected chi connectivity index (χ4v) is 4.92. The number of hydrogen-bond acceptors (Lipinski definition) is 5. The maximum Gasteiger partial charge on any atom is 0.240 e. The molecule has 0 spiro atoms. The Labute approximate surface area is 192 Å². The van der Waals surface area contributed by atoms with Crippen molar-refractivity contribution in [1.29, 1.82) is 0 Å². The fourth-order valence-electron chi connectivity index (χ4n) is 4.00. The maximum atomic E-state index is 13.6. The summed E-state index contributed by atoms with van der Waals surface area (Å²) in [7, 11) is 3.94. The first-order valence-corrected chi connectivity index (χ1v) is 11.6. The second kappa shape index (κ2) is 9.03. The Bertz CT molecular complexity index is 1110. The van der Waals surface area contributed by atoms with E-state index in [1.165, 1.54) is 29.5 Å². The molecule has 0 unspecified atom stereocenters. The summed E-state index contributed by atoms with van der Waals surface area (Å²) in [5.74, 6) is 0.482. The number of nitrogens with zero attached hydrogens (tertiary/aromatic N) is 5. The molecule has 0 saturated heterocycles. The zero-order chi connectivity index (χ0) is 23.0. The van der Waals surface area contributed by atoms with Crippen LogP contribution >= 0.6 is 11.8 Å². The average molecular weight is 454 g/mol. The van der Waals surface area contributed by atoms with Gasteiger partial charge in [-0.2, -0.15) is 0 Å². The minimum Gasteiger partial charge on any atom is -0.308 e. The van der Waals surface area contributed by atoms with Crippen LogP contribution in [0.3, 0.4) is 0 Å². The molecule has 0 N–H and O–H groups in total. The third kappa shape index (κ3) is 4.17. The quantitative estimate of drug-likeness (QED) is 0.515. The highest BCUT2D eigenvalue weighted by molar-refractivity contribution is 8.00. The smallest absolute Gasteiger partial charge is 0.240 e. The van der Waals surface area contributed by atoms with Gasteiger partial charge < -0.3 is 4.90 Å². The van der Waals surface area contributed by atoms with Gasteiger partial charge in [-0.25, -0.2) is 4.39 Å². The van der Waals surface area contributed by atoms with Crippen LogP contribution in [-0.4, -0.2) is 51.0 Å². The van der Waals surface area contributed by atoms with E-state index in [1.807, 2.05) is 60.5 Å². The Morgan fingerprint density at radius 1 is 1.12 bits per heavy atom. The molecule has 4 rings (SSSR count). The summed E-state index contributed by atoms with van der Waals surface area (Å²) in [6.07, 6.45) is 0.857. The third-order valence-corrected chi connectivity index (χ3v) is 7.00. The van der Waals surface area contributed by atoms with E-state index in [-0.39, 0.29) is 29.1 Å². The van der Waals surface area contributed by atoms with Crippen LogP contribution in [0, 0.1) is 5.82 Å². The Morgan fingerprint density at radius 3 is 2.50 bits per heavy atom. The number of para-hydroxylation sites is 1. The van der Waals surface area contributed by atoms with Gasteiger partial charge >= 0.3 is 0 Å². The highest BCUT2D eigenvalue weighted by Gasteiger charge is 2.34. The lowest BCUT2D eigenvalue weighted by molar-refractivity contribution is -0.118. The summed E-state index contributed by atoms with van der Waals surface area (Å²) in [6.45, 7) is 6.02. The number of rotatable bonds is 6. The van der Waals surface area contributed by atoms with Gasteiger partial charge in [-0.15, -0.1) is 10.2 Å². The molecule has 0 radical (unpaired) electrons. The van der Waals surface area contributed by atoms with Crippen molar-refractivity contribution in [2.24, 2.45) is 0 Å².